The fourth-order valence-corrected chi connectivity index (χ4v) is 2.66. The molecule has 1 aliphatic heterocycles. The van der Waals surface area contributed by atoms with Crippen LogP contribution >= 0.6 is 0 Å². The van der Waals surface area contributed by atoms with Gasteiger partial charge in [-0.1, -0.05) is 6.07 Å². The van der Waals surface area contributed by atoms with Gasteiger partial charge in [-0.05, 0) is 38.6 Å². The molecule has 1 aromatic heterocycles. The average molecular weight is 244 g/mol. The molecule has 1 amide bonds. The molecule has 2 heterocycles. The Morgan fingerprint density at radius 2 is 2.39 bits per heavy atom. The minimum atomic E-state index is -0.432. The third-order valence-corrected chi connectivity index (χ3v) is 3.63. The summed E-state index contributed by atoms with van der Waals surface area (Å²) in [7, 11) is 2.10. The molecular formula is C13H16N4O. The molecule has 0 unspecified atom stereocenters. The Morgan fingerprint density at radius 3 is 3.06 bits per heavy atom. The van der Waals surface area contributed by atoms with Crippen molar-refractivity contribution in [1.29, 1.82) is 0 Å². The van der Waals surface area contributed by atoms with E-state index < -0.39 is 5.91 Å². The van der Waals surface area contributed by atoms with E-state index in [0.717, 1.165) is 24.3 Å². The molecule has 3 N–H and O–H groups in total. The number of rotatable bonds is 2. The van der Waals surface area contributed by atoms with Crippen molar-refractivity contribution >= 4 is 16.9 Å². The standard InChI is InChI=1S/C13H16N4O/c1-17-7-3-6-10(17)13-15-9-5-2-4-8(12(14)18)11(9)16-13/h2,4-5,10H,3,6-7H2,1H3,(H2,14,18)(H,15,16)/t10-/m0/s1. The van der Waals surface area contributed by atoms with Gasteiger partial charge in [-0.3, -0.25) is 9.69 Å². The highest BCUT2D eigenvalue weighted by Crippen LogP contribution is 2.30. The van der Waals surface area contributed by atoms with Gasteiger partial charge in [0.1, 0.15) is 11.3 Å². The molecule has 5 heteroatoms. The lowest BCUT2D eigenvalue weighted by Crippen LogP contribution is -2.18. The maximum atomic E-state index is 11.4. The summed E-state index contributed by atoms with van der Waals surface area (Å²) < 4.78 is 0. The predicted octanol–water partition coefficient (Wildman–Crippen LogP) is 1.43. The van der Waals surface area contributed by atoms with Crippen LogP contribution in [0.15, 0.2) is 18.2 Å². The summed E-state index contributed by atoms with van der Waals surface area (Å²) in [5, 5.41) is 0. The summed E-state index contributed by atoms with van der Waals surface area (Å²) in [6.45, 7) is 1.09. The van der Waals surface area contributed by atoms with Crippen molar-refractivity contribution in [2.24, 2.45) is 5.73 Å². The summed E-state index contributed by atoms with van der Waals surface area (Å²) in [5.74, 6) is 0.497. The Kier molecular flexibility index (Phi) is 2.56. The number of primary amides is 1. The quantitative estimate of drug-likeness (QED) is 0.839. The van der Waals surface area contributed by atoms with Crippen molar-refractivity contribution in [2.75, 3.05) is 13.6 Å². The van der Waals surface area contributed by atoms with Gasteiger partial charge < -0.3 is 10.7 Å². The Morgan fingerprint density at radius 1 is 1.56 bits per heavy atom. The number of imidazole rings is 1. The molecule has 94 valence electrons. The second-order valence-electron chi connectivity index (χ2n) is 4.83. The van der Waals surface area contributed by atoms with E-state index in [4.69, 9.17) is 5.73 Å². The van der Waals surface area contributed by atoms with Crippen molar-refractivity contribution in [3.63, 3.8) is 0 Å². The first-order valence-electron chi connectivity index (χ1n) is 6.15. The number of amides is 1. The van der Waals surface area contributed by atoms with Gasteiger partial charge in [-0.2, -0.15) is 0 Å². The fourth-order valence-electron chi connectivity index (χ4n) is 2.66. The van der Waals surface area contributed by atoms with Gasteiger partial charge in [-0.15, -0.1) is 0 Å². The molecule has 0 saturated carbocycles. The number of carbonyl (C=O) groups excluding carboxylic acids is 1. The number of para-hydroxylation sites is 1. The van der Waals surface area contributed by atoms with Gasteiger partial charge in [0, 0.05) is 0 Å². The molecule has 0 bridgehead atoms. The highest BCUT2D eigenvalue weighted by Gasteiger charge is 2.25. The van der Waals surface area contributed by atoms with Gasteiger partial charge in [0.2, 0.25) is 0 Å². The third-order valence-electron chi connectivity index (χ3n) is 3.63. The number of nitrogens with two attached hydrogens (primary N) is 1. The smallest absolute Gasteiger partial charge is 0.250 e. The van der Waals surface area contributed by atoms with E-state index in [2.05, 4.69) is 21.9 Å². The summed E-state index contributed by atoms with van der Waals surface area (Å²) in [6.07, 6.45) is 2.28. The molecule has 1 saturated heterocycles. The zero-order valence-electron chi connectivity index (χ0n) is 10.3. The fraction of sp³-hybridized carbons (Fsp3) is 0.385. The second-order valence-corrected chi connectivity index (χ2v) is 4.83. The molecule has 18 heavy (non-hydrogen) atoms. The number of nitrogens with zero attached hydrogens (tertiary/aromatic N) is 2. The third kappa shape index (κ3) is 1.67. The number of nitrogens with one attached hydrogen (secondary N) is 1. The maximum absolute atomic E-state index is 11.4. The molecule has 1 atom stereocenters. The van der Waals surface area contributed by atoms with Crippen LogP contribution in [0.5, 0.6) is 0 Å². The van der Waals surface area contributed by atoms with Crippen molar-refractivity contribution in [3.8, 4) is 0 Å². The van der Waals surface area contributed by atoms with Crippen LogP contribution in [0.25, 0.3) is 11.0 Å². The number of benzene rings is 1. The Bertz CT molecular complexity index is 604. The van der Waals surface area contributed by atoms with E-state index in [1.807, 2.05) is 12.1 Å². The minimum absolute atomic E-state index is 0.318. The number of hydrogen-bond acceptors (Lipinski definition) is 3. The predicted molar refractivity (Wildman–Crippen MR) is 69.2 cm³/mol. The van der Waals surface area contributed by atoms with Gasteiger partial charge in [-0.25, -0.2) is 4.98 Å². The molecule has 1 aliphatic rings. The highest BCUT2D eigenvalue weighted by atomic mass is 16.1. The first-order chi connectivity index (χ1) is 8.66. The zero-order valence-corrected chi connectivity index (χ0v) is 10.3. The number of aromatic nitrogens is 2. The number of H-pyrrole nitrogens is 1. The topological polar surface area (TPSA) is 75.0 Å². The minimum Gasteiger partial charge on any atom is -0.366 e. The molecule has 3 rings (SSSR count). The largest absolute Gasteiger partial charge is 0.366 e. The van der Waals surface area contributed by atoms with Crippen LogP contribution in [-0.4, -0.2) is 34.4 Å². The molecule has 2 aromatic rings. The van der Waals surface area contributed by atoms with Crippen molar-refractivity contribution in [1.82, 2.24) is 14.9 Å². The van der Waals surface area contributed by atoms with E-state index in [-0.39, 0.29) is 0 Å². The Hall–Kier alpha value is -1.88. The molecular weight excluding hydrogens is 228 g/mol. The Balaban J connectivity index is 2.11. The molecule has 1 fully saturated rings. The van der Waals surface area contributed by atoms with Crippen LogP contribution in [0.1, 0.15) is 35.1 Å². The van der Waals surface area contributed by atoms with Gasteiger partial charge in [0.25, 0.3) is 5.91 Å². The number of aromatic amines is 1. The lowest BCUT2D eigenvalue weighted by Gasteiger charge is -2.16. The van der Waals surface area contributed by atoms with Gasteiger partial charge >= 0.3 is 0 Å². The van der Waals surface area contributed by atoms with E-state index >= 15 is 0 Å². The summed E-state index contributed by atoms with van der Waals surface area (Å²) in [6, 6.07) is 5.78. The Labute approximate surface area is 105 Å². The van der Waals surface area contributed by atoms with E-state index in [1.54, 1.807) is 6.07 Å². The summed E-state index contributed by atoms with van der Waals surface area (Å²) in [4.78, 5) is 21.5. The first-order valence-corrected chi connectivity index (χ1v) is 6.15. The number of carbonyl (C=O) groups is 1. The van der Waals surface area contributed by atoms with Crippen LogP contribution in [0, 0.1) is 0 Å². The lowest BCUT2D eigenvalue weighted by atomic mass is 10.2. The average Bonchev–Trinajstić information content (AvgIpc) is 2.92. The highest BCUT2D eigenvalue weighted by molar-refractivity contribution is 6.04. The van der Waals surface area contributed by atoms with Crippen molar-refractivity contribution in [2.45, 2.75) is 18.9 Å². The molecule has 1 aromatic carbocycles. The van der Waals surface area contributed by atoms with Crippen molar-refractivity contribution in [3.05, 3.63) is 29.6 Å². The lowest BCUT2D eigenvalue weighted by molar-refractivity contribution is 0.100. The molecule has 0 aliphatic carbocycles. The number of fused-ring (bicyclic) bond motifs is 1. The van der Waals surface area contributed by atoms with Crippen molar-refractivity contribution < 1.29 is 4.79 Å². The number of hydrogen-bond donors (Lipinski definition) is 2. The molecule has 0 radical (unpaired) electrons. The second kappa shape index (κ2) is 4.10. The van der Waals surface area contributed by atoms with Gasteiger partial charge in [0.05, 0.1) is 17.1 Å². The molecule has 0 spiro atoms. The molecule has 5 nitrogen and oxygen atoms in total. The monoisotopic (exact) mass is 244 g/mol. The summed E-state index contributed by atoms with van der Waals surface area (Å²) >= 11 is 0. The number of likely N-dealkylation sites (tertiary alicyclic amines) is 1. The first kappa shape index (κ1) is 11.2. The van der Waals surface area contributed by atoms with Crippen LogP contribution < -0.4 is 5.73 Å². The van der Waals surface area contributed by atoms with Gasteiger partial charge in [0.15, 0.2) is 0 Å². The van der Waals surface area contributed by atoms with Crippen LogP contribution in [-0.2, 0) is 0 Å². The maximum Gasteiger partial charge on any atom is 0.250 e. The van der Waals surface area contributed by atoms with E-state index in [1.165, 1.54) is 6.42 Å². The van der Waals surface area contributed by atoms with E-state index in [0.29, 0.717) is 17.1 Å². The zero-order chi connectivity index (χ0) is 12.7. The normalized spacial score (nSPS) is 20.6. The van der Waals surface area contributed by atoms with Crippen LogP contribution in [0.3, 0.4) is 0 Å². The van der Waals surface area contributed by atoms with Crippen LogP contribution in [0.4, 0.5) is 0 Å². The SMILES string of the molecule is CN1CCC[C@H]1c1nc2c(C(N)=O)cccc2[nH]1. The summed E-state index contributed by atoms with van der Waals surface area (Å²) in [5.41, 5.74) is 7.41. The van der Waals surface area contributed by atoms with E-state index in [9.17, 15) is 4.79 Å². The van der Waals surface area contributed by atoms with Crippen LogP contribution in [0.2, 0.25) is 0 Å².